The summed E-state index contributed by atoms with van der Waals surface area (Å²) < 4.78 is 54.1. The predicted octanol–water partition coefficient (Wildman–Crippen LogP) is 10.7. The van der Waals surface area contributed by atoms with Gasteiger partial charge in [-0.05, 0) is 64.9 Å². The Morgan fingerprint density at radius 1 is 0.615 bits per heavy atom. The second kappa shape index (κ2) is 18.3. The van der Waals surface area contributed by atoms with Crippen LogP contribution in [0.15, 0.2) is 146 Å². The fraction of sp³-hybridized carbons (Fsp3) is 0.289. The van der Waals surface area contributed by atoms with Crippen LogP contribution in [0.25, 0.3) is 17.2 Å². The van der Waals surface area contributed by atoms with Crippen LogP contribution in [0.1, 0.15) is 47.6 Å². The highest BCUT2D eigenvalue weighted by molar-refractivity contribution is 5.63. The van der Waals surface area contributed by atoms with Gasteiger partial charge in [-0.1, -0.05) is 146 Å². The van der Waals surface area contributed by atoms with Crippen LogP contribution in [0.2, 0.25) is 0 Å². The second-order valence-corrected chi connectivity index (χ2v) is 13.7. The molecule has 2 unspecified atom stereocenters. The molecule has 2 heterocycles. The summed E-state index contributed by atoms with van der Waals surface area (Å²) in [7, 11) is 0. The highest BCUT2D eigenvalue weighted by Crippen LogP contribution is 2.33. The van der Waals surface area contributed by atoms with Crippen molar-refractivity contribution in [2.24, 2.45) is 0 Å². The topological polar surface area (TPSA) is 9.72 Å². The van der Waals surface area contributed by atoms with Gasteiger partial charge >= 0.3 is 6.18 Å². The summed E-state index contributed by atoms with van der Waals surface area (Å²) in [5.74, 6) is -0.190. The number of piperazine rings is 1. The van der Waals surface area contributed by atoms with Crippen molar-refractivity contribution in [1.82, 2.24) is 14.7 Å². The maximum atomic E-state index is 13.5. The van der Waals surface area contributed by atoms with Crippen LogP contribution < -0.4 is 0 Å². The molecule has 0 aliphatic carbocycles. The first-order chi connectivity index (χ1) is 25.3. The Morgan fingerprint density at radius 2 is 1.27 bits per heavy atom. The van der Waals surface area contributed by atoms with Crippen LogP contribution in [-0.4, -0.2) is 59.6 Å². The third-order valence-electron chi connectivity index (χ3n) is 9.95. The predicted molar refractivity (Wildman–Crippen MR) is 204 cm³/mol. The molecule has 2 aliphatic rings. The van der Waals surface area contributed by atoms with Crippen LogP contribution in [-0.2, 0) is 13.1 Å². The van der Waals surface area contributed by atoms with Crippen molar-refractivity contribution in [3.63, 3.8) is 0 Å². The Bertz CT molecular complexity index is 1810. The summed E-state index contributed by atoms with van der Waals surface area (Å²) >= 11 is 0. The smallest absolute Gasteiger partial charge is 0.296 e. The molecule has 2 fully saturated rings. The van der Waals surface area contributed by atoms with Gasteiger partial charge < -0.3 is 0 Å². The van der Waals surface area contributed by atoms with E-state index >= 15 is 0 Å². The molecular formula is C45H47F4N3. The van der Waals surface area contributed by atoms with E-state index in [-0.39, 0.29) is 12.4 Å². The Hall–Kier alpha value is -4.56. The van der Waals surface area contributed by atoms with Crippen LogP contribution in [0.4, 0.5) is 17.6 Å². The molecule has 2 saturated heterocycles. The van der Waals surface area contributed by atoms with Crippen molar-refractivity contribution >= 4 is 6.08 Å². The molecule has 0 N–H and O–H groups in total. The Morgan fingerprint density at radius 3 is 1.92 bits per heavy atom. The lowest BCUT2D eigenvalue weighted by Crippen LogP contribution is -2.58. The monoisotopic (exact) mass is 705 g/mol. The maximum Gasteiger partial charge on any atom is 0.405 e. The number of rotatable bonds is 9. The van der Waals surface area contributed by atoms with E-state index in [1.54, 1.807) is 17.0 Å². The van der Waals surface area contributed by atoms with Crippen molar-refractivity contribution in [3.8, 4) is 11.1 Å². The van der Waals surface area contributed by atoms with E-state index in [1.165, 1.54) is 36.5 Å². The number of halogens is 4. The van der Waals surface area contributed by atoms with Gasteiger partial charge in [0.2, 0.25) is 0 Å². The summed E-state index contributed by atoms with van der Waals surface area (Å²) in [6.07, 6.45) is 3.99. The van der Waals surface area contributed by atoms with Crippen LogP contribution in [0.3, 0.4) is 0 Å². The Labute approximate surface area is 305 Å². The Balaban J connectivity index is 0.000000181. The second-order valence-electron chi connectivity index (χ2n) is 13.7. The van der Waals surface area contributed by atoms with Gasteiger partial charge in [0.1, 0.15) is 11.9 Å². The lowest BCUT2D eigenvalue weighted by Gasteiger charge is -2.42. The largest absolute Gasteiger partial charge is 0.405 e. The summed E-state index contributed by atoms with van der Waals surface area (Å²) in [5, 5.41) is 0. The van der Waals surface area contributed by atoms with E-state index in [9.17, 15) is 17.6 Å². The fourth-order valence-corrected chi connectivity index (χ4v) is 7.22. The SMILES string of the molecule is FC(F)(F)C1CN(Cc2ccccc2)CCN1Cc1ccccc1.Fc1cccc(-c2ccc(C3CCCCN3CC=Cc3ccccc3)cc2)c1. The molecule has 0 aromatic heterocycles. The summed E-state index contributed by atoms with van der Waals surface area (Å²) in [4.78, 5) is 6.02. The Kier molecular flexibility index (Phi) is 13.1. The van der Waals surface area contributed by atoms with E-state index in [2.05, 4.69) is 65.6 Å². The molecule has 0 bridgehead atoms. The molecule has 2 atom stereocenters. The molecule has 3 nitrogen and oxygen atoms in total. The summed E-state index contributed by atoms with van der Waals surface area (Å²) in [5.41, 5.74) is 6.56. The molecular weight excluding hydrogens is 659 g/mol. The molecule has 7 rings (SSSR count). The van der Waals surface area contributed by atoms with Crippen molar-refractivity contribution in [1.29, 1.82) is 0 Å². The number of piperidine rings is 1. The molecule has 0 spiro atoms. The number of alkyl halides is 3. The van der Waals surface area contributed by atoms with E-state index in [0.29, 0.717) is 32.2 Å². The number of hydrogen-bond acceptors (Lipinski definition) is 3. The summed E-state index contributed by atoms with van der Waals surface area (Å²) in [6.45, 7) is 4.09. The van der Waals surface area contributed by atoms with Crippen LogP contribution in [0, 0.1) is 5.82 Å². The quantitative estimate of drug-likeness (QED) is 0.141. The zero-order valence-electron chi connectivity index (χ0n) is 29.5. The molecule has 270 valence electrons. The van der Waals surface area contributed by atoms with Gasteiger partial charge in [0.15, 0.2) is 0 Å². The van der Waals surface area contributed by atoms with E-state index in [1.807, 2.05) is 77.7 Å². The first-order valence-corrected chi connectivity index (χ1v) is 18.2. The minimum absolute atomic E-state index is 0.0191. The standard InChI is InChI=1S/C26H26FN.C19H21F3N2/c27-25-12-6-11-24(20-25)22-14-16-23(17-15-22)26-13-4-5-18-28(26)19-7-10-21-8-2-1-3-9-21;20-19(21,22)18-15-23(13-16-7-3-1-4-8-16)11-12-24(18)14-17-9-5-2-6-10-17/h1-3,6-12,14-17,20,26H,4-5,13,18-19H2;1-10,18H,11-15H2. The molecule has 52 heavy (non-hydrogen) atoms. The number of hydrogen-bond donors (Lipinski definition) is 0. The average Bonchev–Trinajstić information content (AvgIpc) is 3.17. The van der Waals surface area contributed by atoms with Gasteiger partial charge in [-0.25, -0.2) is 4.39 Å². The maximum absolute atomic E-state index is 13.5. The van der Waals surface area contributed by atoms with Crippen molar-refractivity contribution in [2.45, 2.75) is 50.6 Å². The molecule has 5 aromatic rings. The van der Waals surface area contributed by atoms with E-state index < -0.39 is 12.2 Å². The summed E-state index contributed by atoms with van der Waals surface area (Å²) in [6, 6.07) is 44.0. The molecule has 0 amide bonds. The number of nitrogens with zero attached hydrogens (tertiary/aromatic N) is 3. The van der Waals surface area contributed by atoms with Crippen LogP contribution >= 0.6 is 0 Å². The van der Waals surface area contributed by atoms with Crippen LogP contribution in [0.5, 0.6) is 0 Å². The van der Waals surface area contributed by atoms with Crippen molar-refractivity contribution in [3.05, 3.63) is 174 Å². The van der Waals surface area contributed by atoms with Gasteiger partial charge in [-0.3, -0.25) is 14.7 Å². The zero-order valence-corrected chi connectivity index (χ0v) is 29.5. The highest BCUT2D eigenvalue weighted by Gasteiger charge is 2.46. The molecule has 5 aromatic carbocycles. The first kappa shape index (κ1) is 37.2. The van der Waals surface area contributed by atoms with Gasteiger partial charge in [-0.2, -0.15) is 13.2 Å². The van der Waals surface area contributed by atoms with Gasteiger partial charge in [0.05, 0.1) is 0 Å². The fourth-order valence-electron chi connectivity index (χ4n) is 7.22. The van der Waals surface area contributed by atoms with Crippen molar-refractivity contribution < 1.29 is 17.6 Å². The normalized spacial score (nSPS) is 18.9. The van der Waals surface area contributed by atoms with E-state index in [4.69, 9.17) is 0 Å². The third-order valence-corrected chi connectivity index (χ3v) is 9.95. The van der Waals surface area contributed by atoms with Gasteiger partial charge in [0.25, 0.3) is 0 Å². The minimum Gasteiger partial charge on any atom is -0.296 e. The highest BCUT2D eigenvalue weighted by atomic mass is 19.4. The third kappa shape index (κ3) is 10.7. The molecule has 2 aliphatic heterocycles. The average molecular weight is 706 g/mol. The minimum atomic E-state index is -4.22. The first-order valence-electron chi connectivity index (χ1n) is 18.2. The van der Waals surface area contributed by atoms with Crippen molar-refractivity contribution in [2.75, 3.05) is 32.7 Å². The lowest BCUT2D eigenvalue weighted by molar-refractivity contribution is -0.199. The lowest BCUT2D eigenvalue weighted by atomic mass is 9.93. The van der Waals surface area contributed by atoms with Gasteiger partial charge in [0, 0.05) is 45.3 Å². The number of likely N-dealkylation sites (tertiary alicyclic amines) is 1. The van der Waals surface area contributed by atoms with Gasteiger partial charge in [-0.15, -0.1) is 0 Å². The number of benzene rings is 5. The molecule has 0 saturated carbocycles. The molecule has 0 radical (unpaired) electrons. The van der Waals surface area contributed by atoms with E-state index in [0.717, 1.165) is 35.3 Å². The zero-order chi connectivity index (χ0) is 36.2. The molecule has 7 heteroatoms.